The van der Waals surface area contributed by atoms with Crippen LogP contribution < -0.4 is 11.5 Å². The second-order valence-corrected chi connectivity index (χ2v) is 7.72. The molecule has 1 unspecified atom stereocenters. The van der Waals surface area contributed by atoms with Gasteiger partial charge >= 0.3 is 0 Å². The summed E-state index contributed by atoms with van der Waals surface area (Å²) >= 11 is 0. The monoisotopic (exact) mass is 294 g/mol. The van der Waals surface area contributed by atoms with Crippen LogP contribution in [0.4, 0.5) is 11.4 Å². The van der Waals surface area contributed by atoms with Gasteiger partial charge in [-0.05, 0) is 65.6 Å². The molecular weight excluding hydrogens is 268 g/mol. The lowest BCUT2D eigenvalue weighted by Crippen LogP contribution is -2.23. The van der Waals surface area contributed by atoms with Crippen LogP contribution in [0.2, 0.25) is 0 Å². The minimum Gasteiger partial charge on any atom is -0.399 e. The molecule has 3 rings (SSSR count). The van der Waals surface area contributed by atoms with E-state index in [0.29, 0.717) is 0 Å². The first-order valence-corrected chi connectivity index (χ1v) is 7.93. The first-order chi connectivity index (χ1) is 10.1. The number of benzene rings is 2. The van der Waals surface area contributed by atoms with Crippen molar-refractivity contribution in [2.24, 2.45) is 0 Å². The Morgan fingerprint density at radius 3 is 2.09 bits per heavy atom. The van der Waals surface area contributed by atoms with Crippen LogP contribution in [0.1, 0.15) is 55.0 Å². The number of anilines is 2. The number of fused-ring (bicyclic) bond motifs is 1. The molecule has 0 aromatic heterocycles. The van der Waals surface area contributed by atoms with Gasteiger partial charge in [0.15, 0.2) is 0 Å². The molecule has 0 saturated carbocycles. The fraction of sp³-hybridized carbons (Fsp3) is 0.400. The van der Waals surface area contributed by atoms with Crippen molar-refractivity contribution in [2.75, 3.05) is 11.5 Å². The van der Waals surface area contributed by atoms with Crippen LogP contribution in [0.3, 0.4) is 0 Å². The molecule has 0 bridgehead atoms. The van der Waals surface area contributed by atoms with Gasteiger partial charge in [0.2, 0.25) is 0 Å². The van der Waals surface area contributed by atoms with Crippen LogP contribution in [0.25, 0.3) is 0 Å². The van der Waals surface area contributed by atoms with E-state index in [0.717, 1.165) is 23.4 Å². The van der Waals surface area contributed by atoms with E-state index in [1.165, 1.54) is 22.3 Å². The lowest BCUT2D eigenvalue weighted by Gasteiger charge is -2.29. The molecule has 2 aromatic rings. The second-order valence-electron chi connectivity index (χ2n) is 7.72. The molecule has 0 saturated heterocycles. The van der Waals surface area contributed by atoms with Gasteiger partial charge in [-0.25, -0.2) is 0 Å². The van der Waals surface area contributed by atoms with E-state index >= 15 is 0 Å². The maximum absolute atomic E-state index is 6.21. The van der Waals surface area contributed by atoms with Crippen molar-refractivity contribution in [1.29, 1.82) is 0 Å². The zero-order valence-electron chi connectivity index (χ0n) is 14.2. The van der Waals surface area contributed by atoms with Gasteiger partial charge in [-0.1, -0.05) is 39.0 Å². The molecule has 116 valence electrons. The average Bonchev–Trinajstić information content (AvgIpc) is 2.62. The molecule has 0 radical (unpaired) electrons. The van der Waals surface area contributed by atoms with Gasteiger partial charge in [0, 0.05) is 16.8 Å². The molecule has 0 spiro atoms. The Labute approximate surface area is 133 Å². The van der Waals surface area contributed by atoms with Gasteiger partial charge in [-0.2, -0.15) is 0 Å². The molecule has 4 N–H and O–H groups in total. The predicted octanol–water partition coefficient (Wildman–Crippen LogP) is 4.46. The Kier molecular flexibility index (Phi) is 3.07. The maximum atomic E-state index is 6.21. The van der Waals surface area contributed by atoms with Crippen molar-refractivity contribution >= 4 is 11.4 Å². The number of aryl methyl sites for hydroxylation is 2. The Morgan fingerprint density at radius 1 is 0.818 bits per heavy atom. The molecule has 0 aliphatic heterocycles. The zero-order valence-corrected chi connectivity index (χ0v) is 14.2. The quantitative estimate of drug-likeness (QED) is 0.763. The van der Waals surface area contributed by atoms with Gasteiger partial charge < -0.3 is 11.5 Å². The third-order valence-electron chi connectivity index (χ3n) is 5.43. The summed E-state index contributed by atoms with van der Waals surface area (Å²) in [6, 6.07) is 10.9. The van der Waals surface area contributed by atoms with Gasteiger partial charge in [0.05, 0.1) is 0 Å². The lowest BCUT2D eigenvalue weighted by atomic mass is 9.74. The van der Waals surface area contributed by atoms with E-state index < -0.39 is 0 Å². The summed E-state index contributed by atoms with van der Waals surface area (Å²) in [5.74, 6) is 0. The fourth-order valence-electron chi connectivity index (χ4n) is 4.09. The van der Waals surface area contributed by atoms with Crippen LogP contribution in [0.5, 0.6) is 0 Å². The summed E-state index contributed by atoms with van der Waals surface area (Å²) in [5.41, 5.74) is 20.5. The van der Waals surface area contributed by atoms with E-state index in [1.807, 2.05) is 6.07 Å². The van der Waals surface area contributed by atoms with Crippen molar-refractivity contribution in [3.05, 3.63) is 58.1 Å². The van der Waals surface area contributed by atoms with Crippen LogP contribution in [-0.4, -0.2) is 0 Å². The van der Waals surface area contributed by atoms with Gasteiger partial charge in [-0.15, -0.1) is 0 Å². The Balaban J connectivity index is 2.25. The molecule has 0 fully saturated rings. The van der Waals surface area contributed by atoms with E-state index in [9.17, 15) is 0 Å². The van der Waals surface area contributed by atoms with E-state index in [1.54, 1.807) is 0 Å². The molecule has 1 aliphatic carbocycles. The van der Waals surface area contributed by atoms with Gasteiger partial charge in [0.25, 0.3) is 0 Å². The molecule has 2 heteroatoms. The molecule has 0 amide bonds. The van der Waals surface area contributed by atoms with Crippen molar-refractivity contribution in [3.8, 4) is 0 Å². The Bertz CT molecular complexity index is 759. The number of rotatable bonds is 1. The highest BCUT2D eigenvalue weighted by atomic mass is 14.6. The predicted molar refractivity (Wildman–Crippen MR) is 95.3 cm³/mol. The third-order valence-corrected chi connectivity index (χ3v) is 5.43. The van der Waals surface area contributed by atoms with Crippen LogP contribution >= 0.6 is 0 Å². The van der Waals surface area contributed by atoms with Crippen LogP contribution in [-0.2, 0) is 10.8 Å². The van der Waals surface area contributed by atoms with Crippen molar-refractivity contribution in [3.63, 3.8) is 0 Å². The fourth-order valence-corrected chi connectivity index (χ4v) is 4.09. The molecule has 0 heterocycles. The summed E-state index contributed by atoms with van der Waals surface area (Å²) in [7, 11) is 0. The zero-order chi connectivity index (χ0) is 16.3. The summed E-state index contributed by atoms with van der Waals surface area (Å²) in [6.45, 7) is 11.2. The highest BCUT2D eigenvalue weighted by molar-refractivity contribution is 5.62. The van der Waals surface area contributed by atoms with Crippen molar-refractivity contribution in [1.82, 2.24) is 0 Å². The van der Waals surface area contributed by atoms with E-state index in [2.05, 4.69) is 58.9 Å². The van der Waals surface area contributed by atoms with E-state index in [4.69, 9.17) is 11.5 Å². The van der Waals surface area contributed by atoms with Crippen LogP contribution in [0, 0.1) is 13.8 Å². The molecule has 1 atom stereocenters. The molecule has 2 nitrogen and oxygen atoms in total. The minimum atomic E-state index is -0.0148. The molecule has 22 heavy (non-hydrogen) atoms. The Hall–Kier alpha value is -1.96. The normalized spacial score (nSPS) is 22.6. The molecular formula is C20H26N2. The van der Waals surface area contributed by atoms with Gasteiger partial charge in [0.1, 0.15) is 0 Å². The van der Waals surface area contributed by atoms with Crippen molar-refractivity contribution in [2.45, 2.75) is 51.9 Å². The average molecular weight is 294 g/mol. The second kappa shape index (κ2) is 4.52. The third kappa shape index (κ3) is 2.01. The Morgan fingerprint density at radius 2 is 1.45 bits per heavy atom. The summed E-state index contributed by atoms with van der Waals surface area (Å²) in [5, 5.41) is 0. The summed E-state index contributed by atoms with van der Waals surface area (Å²) in [6.07, 6.45) is 1.08. The first kappa shape index (κ1) is 15.0. The summed E-state index contributed by atoms with van der Waals surface area (Å²) in [4.78, 5) is 0. The number of nitrogen functional groups attached to an aromatic ring is 2. The van der Waals surface area contributed by atoms with E-state index in [-0.39, 0.29) is 10.8 Å². The lowest BCUT2D eigenvalue weighted by molar-refractivity contribution is 0.425. The van der Waals surface area contributed by atoms with Crippen LogP contribution in [0.15, 0.2) is 30.3 Å². The molecule has 1 aliphatic rings. The van der Waals surface area contributed by atoms with Crippen molar-refractivity contribution < 1.29 is 0 Å². The highest BCUT2D eigenvalue weighted by Crippen LogP contribution is 2.53. The standard InChI is InChI=1S/C20H26N2/c1-12-8-14(6-7-17(12)21)20(5)11-19(3,4)15-9-13(2)18(22)10-16(15)20/h6-10H,11,21-22H2,1-5H3. The van der Waals surface area contributed by atoms with Gasteiger partial charge in [-0.3, -0.25) is 0 Å². The first-order valence-electron chi connectivity index (χ1n) is 7.93. The number of hydrogen-bond acceptors (Lipinski definition) is 2. The number of hydrogen-bond donors (Lipinski definition) is 2. The summed E-state index contributed by atoms with van der Waals surface area (Å²) < 4.78 is 0. The number of nitrogens with two attached hydrogens (primary N) is 2. The maximum Gasteiger partial charge on any atom is 0.0347 e. The topological polar surface area (TPSA) is 52.0 Å². The minimum absolute atomic E-state index is 0.0148. The molecule has 2 aromatic carbocycles. The SMILES string of the molecule is Cc1cc(C2(C)CC(C)(C)c3cc(C)c(N)cc32)ccc1N. The highest BCUT2D eigenvalue weighted by Gasteiger charge is 2.46. The smallest absolute Gasteiger partial charge is 0.0347 e. The largest absolute Gasteiger partial charge is 0.399 e.